The summed E-state index contributed by atoms with van der Waals surface area (Å²) in [5.74, 6) is 0. The molecule has 1 unspecified atom stereocenters. The van der Waals surface area contributed by atoms with Gasteiger partial charge in [-0.05, 0) is 27.7 Å². The van der Waals surface area contributed by atoms with E-state index in [0.29, 0.717) is 13.1 Å². The van der Waals surface area contributed by atoms with E-state index in [-0.39, 0.29) is 12.1 Å². The second kappa shape index (κ2) is 6.63. The van der Waals surface area contributed by atoms with Gasteiger partial charge in [-0.1, -0.05) is 0 Å². The molecule has 0 aromatic heterocycles. The van der Waals surface area contributed by atoms with Gasteiger partial charge in [0.2, 0.25) is 0 Å². The zero-order chi connectivity index (χ0) is 11.9. The second-order valence-electron chi connectivity index (χ2n) is 4.53. The Morgan fingerprint density at radius 1 is 1.47 bits per heavy atom. The average Bonchev–Trinajstić information content (AvgIpc) is 2.08. The summed E-state index contributed by atoms with van der Waals surface area (Å²) < 4.78 is 5.09. The van der Waals surface area contributed by atoms with Gasteiger partial charge >= 0.3 is 6.09 Å². The van der Waals surface area contributed by atoms with Crippen LogP contribution >= 0.6 is 0 Å². The summed E-state index contributed by atoms with van der Waals surface area (Å²) in [6, 6.07) is 0.195. The molecule has 5 nitrogen and oxygen atoms in total. The quantitative estimate of drug-likeness (QED) is 0.625. The van der Waals surface area contributed by atoms with Crippen LogP contribution in [0.15, 0.2) is 0 Å². The number of ether oxygens (including phenoxy) is 1. The molecular formula is C10H23N3O2. The van der Waals surface area contributed by atoms with Crippen LogP contribution in [-0.2, 0) is 4.74 Å². The van der Waals surface area contributed by atoms with Crippen molar-refractivity contribution in [2.24, 2.45) is 5.73 Å². The summed E-state index contributed by atoms with van der Waals surface area (Å²) >= 11 is 0. The predicted octanol–water partition coefficient (Wildman–Crippen LogP) is 0.448. The van der Waals surface area contributed by atoms with Crippen molar-refractivity contribution in [1.29, 1.82) is 0 Å². The Bertz CT molecular complexity index is 190. The Kier molecular flexibility index (Phi) is 6.27. The van der Waals surface area contributed by atoms with Gasteiger partial charge in [-0.15, -0.1) is 0 Å². The molecule has 0 aliphatic rings. The van der Waals surface area contributed by atoms with Crippen LogP contribution in [0.2, 0.25) is 0 Å². The molecule has 5 heteroatoms. The van der Waals surface area contributed by atoms with Crippen LogP contribution in [0, 0.1) is 0 Å². The fourth-order valence-electron chi connectivity index (χ4n) is 0.953. The van der Waals surface area contributed by atoms with E-state index >= 15 is 0 Å². The van der Waals surface area contributed by atoms with Crippen LogP contribution in [0.1, 0.15) is 27.7 Å². The molecule has 1 amide bonds. The van der Waals surface area contributed by atoms with Gasteiger partial charge in [-0.3, -0.25) is 0 Å². The van der Waals surface area contributed by atoms with Gasteiger partial charge in [-0.25, -0.2) is 4.79 Å². The molecule has 0 aliphatic heterocycles. The largest absolute Gasteiger partial charge is 0.444 e. The van der Waals surface area contributed by atoms with Crippen molar-refractivity contribution in [3.8, 4) is 0 Å². The molecule has 15 heavy (non-hydrogen) atoms. The van der Waals surface area contributed by atoms with Crippen molar-refractivity contribution < 1.29 is 9.53 Å². The summed E-state index contributed by atoms with van der Waals surface area (Å²) in [5, 5.41) is 5.84. The van der Waals surface area contributed by atoms with Gasteiger partial charge in [0.05, 0.1) is 0 Å². The van der Waals surface area contributed by atoms with Gasteiger partial charge < -0.3 is 21.1 Å². The Morgan fingerprint density at radius 3 is 2.53 bits per heavy atom. The molecule has 0 spiro atoms. The van der Waals surface area contributed by atoms with E-state index in [1.807, 2.05) is 27.7 Å². The third-order valence-electron chi connectivity index (χ3n) is 1.59. The van der Waals surface area contributed by atoms with Crippen molar-refractivity contribution in [2.75, 3.05) is 19.6 Å². The van der Waals surface area contributed by atoms with Crippen LogP contribution in [-0.4, -0.2) is 37.4 Å². The third-order valence-corrected chi connectivity index (χ3v) is 1.59. The highest BCUT2D eigenvalue weighted by molar-refractivity contribution is 5.67. The lowest BCUT2D eigenvalue weighted by atomic mass is 10.2. The average molecular weight is 217 g/mol. The molecular weight excluding hydrogens is 194 g/mol. The lowest BCUT2D eigenvalue weighted by Gasteiger charge is -2.21. The molecule has 0 rings (SSSR count). The van der Waals surface area contributed by atoms with Gasteiger partial charge in [0.25, 0.3) is 0 Å². The van der Waals surface area contributed by atoms with E-state index in [2.05, 4.69) is 10.6 Å². The van der Waals surface area contributed by atoms with E-state index in [1.165, 1.54) is 0 Å². The summed E-state index contributed by atoms with van der Waals surface area (Å²) in [6.07, 6.45) is -0.385. The van der Waals surface area contributed by atoms with Gasteiger partial charge in [0, 0.05) is 25.7 Å². The van der Waals surface area contributed by atoms with Crippen LogP contribution in [0.25, 0.3) is 0 Å². The summed E-state index contributed by atoms with van der Waals surface area (Å²) in [6.45, 7) is 9.37. The maximum absolute atomic E-state index is 11.3. The van der Waals surface area contributed by atoms with Gasteiger partial charge in [0.1, 0.15) is 5.60 Å². The van der Waals surface area contributed by atoms with Gasteiger partial charge in [0.15, 0.2) is 0 Å². The zero-order valence-corrected chi connectivity index (χ0v) is 10.1. The number of nitrogens with one attached hydrogen (secondary N) is 2. The second-order valence-corrected chi connectivity index (χ2v) is 4.53. The van der Waals surface area contributed by atoms with E-state index in [0.717, 1.165) is 6.54 Å². The predicted molar refractivity (Wildman–Crippen MR) is 60.8 cm³/mol. The minimum Gasteiger partial charge on any atom is -0.444 e. The Balaban J connectivity index is 3.62. The number of rotatable bonds is 5. The van der Waals surface area contributed by atoms with Crippen LogP contribution in [0.5, 0.6) is 0 Å². The van der Waals surface area contributed by atoms with E-state index in [4.69, 9.17) is 10.5 Å². The molecule has 0 aliphatic carbocycles. The topological polar surface area (TPSA) is 76.4 Å². The zero-order valence-electron chi connectivity index (χ0n) is 10.1. The molecule has 4 N–H and O–H groups in total. The standard InChI is InChI=1S/C10H23N3O2/c1-8(12-6-5-11)7-13-9(14)15-10(2,3)4/h8,12H,5-7,11H2,1-4H3,(H,13,14). The molecule has 0 aromatic rings. The fraction of sp³-hybridized carbons (Fsp3) is 0.900. The molecule has 0 fully saturated rings. The number of carbonyl (C=O) groups is 1. The number of alkyl carbamates (subject to hydrolysis) is 1. The number of hydrogen-bond acceptors (Lipinski definition) is 4. The Morgan fingerprint density at radius 2 is 2.07 bits per heavy atom. The van der Waals surface area contributed by atoms with Crippen LogP contribution in [0.4, 0.5) is 4.79 Å². The molecule has 1 atom stereocenters. The summed E-state index contributed by atoms with van der Waals surface area (Å²) in [7, 11) is 0. The highest BCUT2D eigenvalue weighted by atomic mass is 16.6. The lowest BCUT2D eigenvalue weighted by Crippen LogP contribution is -2.42. The molecule has 0 saturated heterocycles. The Hall–Kier alpha value is -0.810. The minimum absolute atomic E-state index is 0.195. The number of amides is 1. The number of hydrogen-bond donors (Lipinski definition) is 3. The molecule has 0 bridgehead atoms. The number of carbonyl (C=O) groups excluding carboxylic acids is 1. The van der Waals surface area contributed by atoms with E-state index < -0.39 is 5.60 Å². The van der Waals surface area contributed by atoms with E-state index in [9.17, 15) is 4.79 Å². The first kappa shape index (κ1) is 14.2. The molecule has 90 valence electrons. The van der Waals surface area contributed by atoms with Crippen molar-refractivity contribution in [2.45, 2.75) is 39.3 Å². The highest BCUT2D eigenvalue weighted by Gasteiger charge is 2.16. The minimum atomic E-state index is -0.446. The molecule has 0 saturated carbocycles. The van der Waals surface area contributed by atoms with Crippen molar-refractivity contribution in [1.82, 2.24) is 10.6 Å². The van der Waals surface area contributed by atoms with Crippen LogP contribution in [0.3, 0.4) is 0 Å². The lowest BCUT2D eigenvalue weighted by molar-refractivity contribution is 0.0523. The third kappa shape index (κ3) is 9.49. The molecule has 0 aromatic carbocycles. The van der Waals surface area contributed by atoms with Crippen LogP contribution < -0.4 is 16.4 Å². The first-order valence-corrected chi connectivity index (χ1v) is 5.25. The fourth-order valence-corrected chi connectivity index (χ4v) is 0.953. The SMILES string of the molecule is CC(CNC(=O)OC(C)(C)C)NCCN. The van der Waals surface area contributed by atoms with Crippen molar-refractivity contribution in [3.05, 3.63) is 0 Å². The smallest absolute Gasteiger partial charge is 0.407 e. The molecule has 0 heterocycles. The van der Waals surface area contributed by atoms with Crippen molar-refractivity contribution >= 4 is 6.09 Å². The molecule has 0 radical (unpaired) electrons. The maximum atomic E-state index is 11.3. The van der Waals surface area contributed by atoms with E-state index in [1.54, 1.807) is 0 Å². The normalized spacial score (nSPS) is 13.4. The monoisotopic (exact) mass is 217 g/mol. The maximum Gasteiger partial charge on any atom is 0.407 e. The highest BCUT2D eigenvalue weighted by Crippen LogP contribution is 2.06. The summed E-state index contributed by atoms with van der Waals surface area (Å²) in [4.78, 5) is 11.3. The first-order chi connectivity index (χ1) is 6.85. The summed E-state index contributed by atoms with van der Waals surface area (Å²) in [5.41, 5.74) is 4.90. The number of nitrogens with two attached hydrogens (primary N) is 1. The van der Waals surface area contributed by atoms with Crippen molar-refractivity contribution in [3.63, 3.8) is 0 Å². The first-order valence-electron chi connectivity index (χ1n) is 5.25. The van der Waals surface area contributed by atoms with Gasteiger partial charge in [-0.2, -0.15) is 0 Å². The Labute approximate surface area is 91.7 Å².